The summed E-state index contributed by atoms with van der Waals surface area (Å²) in [6.07, 6.45) is 0. The predicted molar refractivity (Wildman–Crippen MR) is 30.5 cm³/mol. The molecular weight excluding hydrogens is 97.0 g/mol. The highest BCUT2D eigenvalue weighted by Crippen LogP contribution is 1.21. The van der Waals surface area contributed by atoms with E-state index < -0.39 is 0 Å². The van der Waals surface area contributed by atoms with Gasteiger partial charge in [0.2, 0.25) is 0 Å². The molecule has 0 spiro atoms. The average Bonchev–Trinajstić information content (AvgIpc) is 1.46. The maximum absolute atomic E-state index is 7.32. The molecule has 0 fully saturated rings. The Kier molecular flexibility index (Phi) is 267. The molecule has 0 bridgehead atoms. The van der Waals surface area contributed by atoms with Gasteiger partial charge in [0.15, 0.2) is 0 Å². The van der Waals surface area contributed by atoms with Crippen LogP contribution in [0.4, 0.5) is 0 Å². The third-order valence-electron chi connectivity index (χ3n) is 0. The predicted octanol–water partition coefficient (Wildman–Crippen LogP) is 0.196. The molecular formula is C3H10NOP. The van der Waals surface area contributed by atoms with Gasteiger partial charge in [0, 0.05) is 14.0 Å². The van der Waals surface area contributed by atoms with Gasteiger partial charge in [0.1, 0.15) is 0 Å². The number of hydrogen-bond acceptors (Lipinski definition) is 2. The van der Waals surface area contributed by atoms with E-state index >= 15 is 0 Å². The van der Waals surface area contributed by atoms with Crippen molar-refractivity contribution in [2.75, 3.05) is 7.11 Å². The zero-order valence-electron chi connectivity index (χ0n) is 4.10. The molecule has 1 atom stereocenters. The third kappa shape index (κ3) is 2230. The van der Waals surface area contributed by atoms with Gasteiger partial charge in [-0.25, -0.2) is 0 Å². The summed E-state index contributed by atoms with van der Waals surface area (Å²) < 4.78 is 0. The van der Waals surface area contributed by atoms with Crippen LogP contribution in [0.2, 0.25) is 0 Å². The van der Waals surface area contributed by atoms with Gasteiger partial charge in [-0.3, -0.25) is 0 Å². The van der Waals surface area contributed by atoms with Crippen LogP contribution in [0.5, 0.6) is 0 Å². The molecule has 38 valence electrons. The first-order valence-corrected chi connectivity index (χ1v) is 1.17. The molecule has 6 heavy (non-hydrogen) atoms. The second-order valence-electron chi connectivity index (χ2n) is 0.224. The van der Waals surface area contributed by atoms with Gasteiger partial charge in [0.05, 0.1) is 6.07 Å². The smallest absolute Gasteiger partial charge is 0.0587 e. The van der Waals surface area contributed by atoms with Crippen molar-refractivity contribution in [2.24, 2.45) is 0 Å². The number of aliphatic hydroxyl groups excluding tert-OH is 1. The number of nitrogens with zero attached hydrogens (tertiary/aromatic N) is 1. The van der Waals surface area contributed by atoms with E-state index in [1.54, 1.807) is 6.07 Å². The summed E-state index contributed by atoms with van der Waals surface area (Å²) in [6.45, 7) is 1.43. The minimum Gasteiger partial charge on any atom is -0.400 e. The normalized spacial score (nSPS) is 2.33. The molecule has 1 N–H and O–H groups in total. The number of rotatable bonds is 0. The number of nitriles is 1. The van der Waals surface area contributed by atoms with Gasteiger partial charge in [-0.2, -0.15) is 15.2 Å². The molecule has 0 saturated carbocycles. The molecule has 0 aromatic rings. The molecule has 0 aromatic heterocycles. The molecule has 2 nitrogen and oxygen atoms in total. The van der Waals surface area contributed by atoms with Crippen LogP contribution in [0, 0.1) is 11.3 Å². The van der Waals surface area contributed by atoms with Crippen molar-refractivity contribution in [1.29, 1.82) is 5.26 Å². The van der Waals surface area contributed by atoms with Crippen LogP contribution in [0.15, 0.2) is 0 Å². The molecule has 0 rings (SSSR count). The van der Waals surface area contributed by atoms with Crippen molar-refractivity contribution in [3.8, 4) is 6.07 Å². The second-order valence-corrected chi connectivity index (χ2v) is 0.224. The summed E-state index contributed by atoms with van der Waals surface area (Å²) >= 11 is 0. The van der Waals surface area contributed by atoms with Crippen LogP contribution < -0.4 is 0 Å². The molecule has 0 aromatic carbocycles. The highest BCUT2D eigenvalue weighted by Gasteiger charge is 1.17. The fourth-order valence-electron chi connectivity index (χ4n) is 0. The lowest BCUT2D eigenvalue weighted by atomic mass is 11.0. The minimum absolute atomic E-state index is 0. The van der Waals surface area contributed by atoms with Crippen molar-refractivity contribution in [3.63, 3.8) is 0 Å². The topological polar surface area (TPSA) is 44.0 Å². The van der Waals surface area contributed by atoms with Crippen molar-refractivity contribution < 1.29 is 5.11 Å². The van der Waals surface area contributed by atoms with E-state index in [1.165, 1.54) is 6.92 Å². The Balaban J connectivity index is -0.0000000275. The third-order valence-corrected chi connectivity index (χ3v) is 0. The summed E-state index contributed by atoms with van der Waals surface area (Å²) in [5, 5.41) is 14.3. The maximum atomic E-state index is 7.32. The van der Waals surface area contributed by atoms with E-state index in [-0.39, 0.29) is 9.90 Å². The van der Waals surface area contributed by atoms with Crippen LogP contribution in [0.25, 0.3) is 0 Å². The minimum atomic E-state index is 0. The number of aliphatic hydroxyl groups is 1. The lowest BCUT2D eigenvalue weighted by molar-refractivity contribution is 0.399. The Morgan fingerprint density at radius 2 is 1.50 bits per heavy atom. The fourth-order valence-corrected chi connectivity index (χ4v) is 0. The molecule has 0 aliphatic heterocycles. The first-order valence-electron chi connectivity index (χ1n) is 1.17. The molecule has 3 heteroatoms. The van der Waals surface area contributed by atoms with Crippen LogP contribution in [0.1, 0.15) is 6.92 Å². The standard InChI is InChI=1S/C2H3N.CH4O.H3P/c1-2-3;1-2;/h1H3;2H,1H3;1H3. The van der Waals surface area contributed by atoms with Crippen LogP contribution in [0.3, 0.4) is 0 Å². The lowest BCUT2D eigenvalue weighted by Crippen LogP contribution is -1.25. The Labute approximate surface area is 41.4 Å². The fraction of sp³-hybridized carbons (Fsp3) is 0.667. The van der Waals surface area contributed by atoms with Gasteiger partial charge < -0.3 is 5.11 Å². The van der Waals surface area contributed by atoms with Gasteiger partial charge in [-0.1, -0.05) is 0 Å². The molecule has 0 saturated heterocycles. The summed E-state index contributed by atoms with van der Waals surface area (Å²) in [5.74, 6) is 0. The summed E-state index contributed by atoms with van der Waals surface area (Å²) in [4.78, 5) is 0. The Morgan fingerprint density at radius 1 is 1.50 bits per heavy atom. The van der Waals surface area contributed by atoms with Gasteiger partial charge in [-0.15, -0.1) is 0 Å². The molecule has 0 radical (unpaired) electrons. The zero-order valence-corrected chi connectivity index (χ0v) is 5.52. The summed E-state index contributed by atoms with van der Waals surface area (Å²) in [5.41, 5.74) is 0. The summed E-state index contributed by atoms with van der Waals surface area (Å²) in [7, 11) is 1.00. The Bertz CT molecular complexity index is 32.3. The maximum Gasteiger partial charge on any atom is 0.0587 e. The average molecular weight is 107 g/mol. The quantitative estimate of drug-likeness (QED) is 0.449. The van der Waals surface area contributed by atoms with E-state index in [0.717, 1.165) is 7.11 Å². The monoisotopic (exact) mass is 107 g/mol. The van der Waals surface area contributed by atoms with Crippen LogP contribution >= 0.6 is 9.90 Å². The van der Waals surface area contributed by atoms with E-state index in [2.05, 4.69) is 0 Å². The van der Waals surface area contributed by atoms with Crippen LogP contribution in [-0.2, 0) is 0 Å². The van der Waals surface area contributed by atoms with Gasteiger partial charge >= 0.3 is 0 Å². The highest BCUT2D eigenvalue weighted by molar-refractivity contribution is 6.92. The number of hydrogen-bond donors (Lipinski definition) is 1. The van der Waals surface area contributed by atoms with Crippen molar-refractivity contribution in [1.82, 2.24) is 0 Å². The van der Waals surface area contributed by atoms with E-state index in [1.807, 2.05) is 0 Å². The van der Waals surface area contributed by atoms with E-state index in [9.17, 15) is 0 Å². The van der Waals surface area contributed by atoms with E-state index in [4.69, 9.17) is 10.4 Å². The Morgan fingerprint density at radius 3 is 1.50 bits per heavy atom. The van der Waals surface area contributed by atoms with Gasteiger partial charge in [0.25, 0.3) is 0 Å². The molecule has 0 heterocycles. The molecule has 0 amide bonds. The molecule has 0 aliphatic carbocycles. The highest BCUT2D eigenvalue weighted by atomic mass is 31.0. The first-order chi connectivity index (χ1) is 2.41. The van der Waals surface area contributed by atoms with Crippen LogP contribution in [-0.4, -0.2) is 12.2 Å². The molecule has 0 aliphatic rings. The van der Waals surface area contributed by atoms with Crippen molar-refractivity contribution >= 4 is 9.90 Å². The largest absolute Gasteiger partial charge is 0.400 e. The van der Waals surface area contributed by atoms with Crippen molar-refractivity contribution in [2.45, 2.75) is 6.92 Å². The van der Waals surface area contributed by atoms with Gasteiger partial charge in [-0.05, 0) is 0 Å². The summed E-state index contributed by atoms with van der Waals surface area (Å²) in [6, 6.07) is 1.75. The Hall–Kier alpha value is -0.120. The second kappa shape index (κ2) is 94.9. The SMILES string of the molecule is CC#N.CO.P. The first kappa shape index (κ1) is 16.9. The molecule has 1 unspecified atom stereocenters. The van der Waals surface area contributed by atoms with Crippen molar-refractivity contribution in [3.05, 3.63) is 0 Å². The van der Waals surface area contributed by atoms with E-state index in [0.29, 0.717) is 0 Å². The lowest BCUT2D eigenvalue weighted by Gasteiger charge is -1.21. The zero-order chi connectivity index (χ0) is 4.71.